The Morgan fingerprint density at radius 2 is 2.23 bits per heavy atom. The number of hydrogen-bond donors (Lipinski definition) is 0. The van der Waals surface area contributed by atoms with Gasteiger partial charge in [-0.25, -0.2) is 4.39 Å². The maximum absolute atomic E-state index is 13.4. The van der Waals surface area contributed by atoms with Crippen molar-refractivity contribution in [2.24, 2.45) is 0 Å². The van der Waals surface area contributed by atoms with Crippen LogP contribution < -0.4 is 0 Å². The Labute approximate surface area is 83.0 Å². The molecule has 0 bridgehead atoms. The van der Waals surface area contributed by atoms with E-state index in [-0.39, 0.29) is 5.02 Å². The minimum absolute atomic E-state index is 0.104. The fourth-order valence-corrected chi connectivity index (χ4v) is 1.71. The van der Waals surface area contributed by atoms with E-state index in [1.165, 1.54) is 17.4 Å². The van der Waals surface area contributed by atoms with E-state index in [9.17, 15) is 4.39 Å². The van der Waals surface area contributed by atoms with E-state index in [1.807, 2.05) is 0 Å². The minimum Gasteiger partial charge on any atom is -0.205 e. The van der Waals surface area contributed by atoms with Gasteiger partial charge in [-0.05, 0) is 12.1 Å². The van der Waals surface area contributed by atoms with E-state index in [0.29, 0.717) is 10.6 Å². The Balaban J connectivity index is 2.59. The molecule has 0 unspecified atom stereocenters. The summed E-state index contributed by atoms with van der Waals surface area (Å²) in [6.45, 7) is 0. The van der Waals surface area contributed by atoms with Gasteiger partial charge in [-0.2, -0.15) is 0 Å². The molecular weight excluding hydrogens is 211 g/mol. The van der Waals surface area contributed by atoms with Crippen molar-refractivity contribution in [3.63, 3.8) is 0 Å². The van der Waals surface area contributed by atoms with Crippen LogP contribution >= 0.6 is 22.9 Å². The van der Waals surface area contributed by atoms with Crippen molar-refractivity contribution < 1.29 is 4.39 Å². The largest absolute Gasteiger partial charge is 0.205 e. The monoisotopic (exact) mass is 214 g/mol. The van der Waals surface area contributed by atoms with E-state index >= 15 is 0 Å². The first kappa shape index (κ1) is 8.59. The van der Waals surface area contributed by atoms with E-state index in [4.69, 9.17) is 11.6 Å². The van der Waals surface area contributed by atoms with Gasteiger partial charge < -0.3 is 0 Å². The summed E-state index contributed by atoms with van der Waals surface area (Å²) in [7, 11) is 0. The second-order valence-electron chi connectivity index (χ2n) is 2.35. The molecule has 13 heavy (non-hydrogen) atoms. The van der Waals surface area contributed by atoms with Crippen LogP contribution in [0.1, 0.15) is 0 Å². The predicted octanol–water partition coefficient (Wildman–Crippen LogP) is 3.00. The van der Waals surface area contributed by atoms with E-state index < -0.39 is 5.82 Å². The van der Waals surface area contributed by atoms with Crippen LogP contribution in [0.3, 0.4) is 0 Å². The fourth-order valence-electron chi connectivity index (χ4n) is 0.959. The van der Waals surface area contributed by atoms with Crippen LogP contribution in [0.2, 0.25) is 5.02 Å². The van der Waals surface area contributed by atoms with Crippen LogP contribution in [-0.4, -0.2) is 10.2 Å². The third-order valence-electron chi connectivity index (χ3n) is 1.54. The van der Waals surface area contributed by atoms with Gasteiger partial charge >= 0.3 is 0 Å². The van der Waals surface area contributed by atoms with Gasteiger partial charge in [0.15, 0.2) is 10.8 Å². The Kier molecular flexibility index (Phi) is 2.24. The van der Waals surface area contributed by atoms with Crippen LogP contribution in [0.4, 0.5) is 4.39 Å². The molecule has 0 spiro atoms. The maximum Gasteiger partial charge on any atom is 0.152 e. The highest BCUT2D eigenvalue weighted by molar-refractivity contribution is 7.12. The van der Waals surface area contributed by atoms with Gasteiger partial charge in [0.2, 0.25) is 0 Å². The summed E-state index contributed by atoms with van der Waals surface area (Å²) in [4.78, 5) is 0. The second kappa shape index (κ2) is 3.40. The quantitative estimate of drug-likeness (QED) is 0.729. The lowest BCUT2D eigenvalue weighted by Gasteiger charge is -1.98. The molecule has 66 valence electrons. The first-order chi connectivity index (χ1) is 6.29. The number of nitrogens with zero attached hydrogens (tertiary/aromatic N) is 2. The summed E-state index contributed by atoms with van der Waals surface area (Å²) in [5.74, 6) is -0.444. The third kappa shape index (κ3) is 1.55. The minimum atomic E-state index is -0.444. The smallest absolute Gasteiger partial charge is 0.152 e. The van der Waals surface area contributed by atoms with Gasteiger partial charge in [0, 0.05) is 5.56 Å². The van der Waals surface area contributed by atoms with E-state index in [0.717, 1.165) is 0 Å². The third-order valence-corrected chi connectivity index (χ3v) is 2.56. The van der Waals surface area contributed by atoms with Crippen LogP contribution in [0.5, 0.6) is 0 Å². The molecule has 1 aromatic heterocycles. The Morgan fingerprint density at radius 3 is 2.92 bits per heavy atom. The molecule has 2 aromatic rings. The molecular formula is C8H4ClFN2S. The standard InChI is InChI=1S/C8H4ClFN2S/c9-6-3-1-2-5(7(6)10)8-12-11-4-13-8/h1-4H. The van der Waals surface area contributed by atoms with Crippen molar-refractivity contribution in [1.82, 2.24) is 10.2 Å². The molecule has 0 saturated carbocycles. The summed E-state index contributed by atoms with van der Waals surface area (Å²) in [5.41, 5.74) is 1.95. The number of halogens is 2. The van der Waals surface area contributed by atoms with Gasteiger partial charge in [0.1, 0.15) is 5.51 Å². The Bertz CT molecular complexity index is 416. The zero-order valence-corrected chi connectivity index (χ0v) is 7.94. The molecule has 0 aliphatic carbocycles. The zero-order chi connectivity index (χ0) is 9.26. The summed E-state index contributed by atoms with van der Waals surface area (Å²) in [5, 5.41) is 8.03. The van der Waals surface area contributed by atoms with Gasteiger partial charge in [0.25, 0.3) is 0 Å². The molecule has 0 aliphatic heterocycles. The average Bonchev–Trinajstić information content (AvgIpc) is 2.62. The Hall–Kier alpha value is -1.00. The molecule has 0 aliphatic rings. The van der Waals surface area contributed by atoms with Crippen LogP contribution in [0.15, 0.2) is 23.7 Å². The Morgan fingerprint density at radius 1 is 1.38 bits per heavy atom. The van der Waals surface area contributed by atoms with Crippen molar-refractivity contribution in [2.75, 3.05) is 0 Å². The van der Waals surface area contributed by atoms with Crippen molar-refractivity contribution in [3.8, 4) is 10.6 Å². The molecule has 1 aromatic carbocycles. The van der Waals surface area contributed by atoms with Crippen LogP contribution in [-0.2, 0) is 0 Å². The zero-order valence-electron chi connectivity index (χ0n) is 6.37. The molecule has 0 saturated heterocycles. The molecule has 0 atom stereocenters. The number of hydrogen-bond acceptors (Lipinski definition) is 3. The molecule has 0 fully saturated rings. The summed E-state index contributed by atoms with van der Waals surface area (Å²) >= 11 is 6.89. The topological polar surface area (TPSA) is 25.8 Å². The summed E-state index contributed by atoms with van der Waals surface area (Å²) < 4.78 is 13.4. The van der Waals surface area contributed by atoms with E-state index in [2.05, 4.69) is 10.2 Å². The molecule has 2 nitrogen and oxygen atoms in total. The van der Waals surface area contributed by atoms with E-state index in [1.54, 1.807) is 17.6 Å². The molecule has 2 rings (SSSR count). The van der Waals surface area contributed by atoms with Gasteiger partial charge in [-0.15, -0.1) is 10.2 Å². The molecule has 0 amide bonds. The van der Waals surface area contributed by atoms with Crippen molar-refractivity contribution >= 4 is 22.9 Å². The number of benzene rings is 1. The van der Waals surface area contributed by atoms with Gasteiger partial charge in [-0.3, -0.25) is 0 Å². The van der Waals surface area contributed by atoms with Crippen LogP contribution in [0.25, 0.3) is 10.6 Å². The lowest BCUT2D eigenvalue weighted by Crippen LogP contribution is -1.84. The number of aromatic nitrogens is 2. The maximum atomic E-state index is 13.4. The van der Waals surface area contributed by atoms with Gasteiger partial charge in [0.05, 0.1) is 5.02 Å². The SMILES string of the molecule is Fc1c(Cl)cccc1-c1nncs1. The first-order valence-electron chi connectivity index (χ1n) is 3.49. The summed E-state index contributed by atoms with van der Waals surface area (Å²) in [6.07, 6.45) is 0. The number of rotatable bonds is 1. The average molecular weight is 215 g/mol. The fraction of sp³-hybridized carbons (Fsp3) is 0. The molecule has 5 heteroatoms. The van der Waals surface area contributed by atoms with Crippen molar-refractivity contribution in [1.29, 1.82) is 0 Å². The van der Waals surface area contributed by atoms with Crippen molar-refractivity contribution in [2.45, 2.75) is 0 Å². The lowest BCUT2D eigenvalue weighted by molar-refractivity contribution is 0.631. The van der Waals surface area contributed by atoms with Crippen LogP contribution in [0, 0.1) is 5.82 Å². The van der Waals surface area contributed by atoms with Gasteiger partial charge in [-0.1, -0.05) is 29.0 Å². The lowest BCUT2D eigenvalue weighted by atomic mass is 10.2. The molecule has 0 radical (unpaired) electrons. The highest BCUT2D eigenvalue weighted by Gasteiger charge is 2.10. The highest BCUT2D eigenvalue weighted by Crippen LogP contribution is 2.27. The molecule has 1 heterocycles. The second-order valence-corrected chi connectivity index (χ2v) is 3.59. The predicted molar refractivity (Wildman–Crippen MR) is 50.3 cm³/mol. The highest BCUT2D eigenvalue weighted by atomic mass is 35.5. The van der Waals surface area contributed by atoms with Crippen molar-refractivity contribution in [3.05, 3.63) is 34.5 Å². The molecule has 0 N–H and O–H groups in total. The normalized spacial score (nSPS) is 10.3. The first-order valence-corrected chi connectivity index (χ1v) is 4.75. The summed E-state index contributed by atoms with van der Waals surface area (Å²) in [6, 6.07) is 4.81.